The molecule has 0 aromatic heterocycles. The highest BCUT2D eigenvalue weighted by Crippen LogP contribution is 2.66. The number of halogens is 1. The summed E-state index contributed by atoms with van der Waals surface area (Å²) in [6.45, 7) is 7.46. The lowest BCUT2D eigenvalue weighted by Crippen LogP contribution is -2.63. The number of nitrogens with zero attached hydrogens (tertiary/aromatic N) is 1. The molecule has 0 radical (unpaired) electrons. The van der Waals surface area contributed by atoms with Crippen molar-refractivity contribution in [3.63, 3.8) is 0 Å². The van der Waals surface area contributed by atoms with Crippen molar-refractivity contribution in [2.75, 3.05) is 7.05 Å². The molecule has 0 bridgehead atoms. The first kappa shape index (κ1) is 20.7. The number of ether oxygens (including phenoxy) is 1. The van der Waals surface area contributed by atoms with Crippen molar-refractivity contribution in [2.24, 2.45) is 34.5 Å². The van der Waals surface area contributed by atoms with Crippen LogP contribution in [0.5, 0.6) is 5.75 Å². The van der Waals surface area contributed by atoms with E-state index in [9.17, 15) is 4.79 Å². The van der Waals surface area contributed by atoms with Gasteiger partial charge in [0.1, 0.15) is 11.9 Å². The fourth-order valence-corrected chi connectivity index (χ4v) is 8.41. The Bertz CT molecular complexity index is 825. The molecule has 164 valence electrons. The van der Waals surface area contributed by atoms with E-state index in [1.54, 1.807) is 0 Å². The molecule has 5 rings (SSSR count). The minimum absolute atomic E-state index is 0.245. The van der Waals surface area contributed by atoms with E-state index in [0.29, 0.717) is 17.9 Å². The first-order valence-electron chi connectivity index (χ1n) is 11.9. The van der Waals surface area contributed by atoms with Gasteiger partial charge in [-0.3, -0.25) is 4.79 Å². The zero-order valence-electron chi connectivity index (χ0n) is 18.9. The Morgan fingerprint density at radius 3 is 2.47 bits per heavy atom. The molecule has 3 nitrogen and oxygen atoms in total. The molecule has 1 aromatic carbocycles. The van der Waals surface area contributed by atoms with Crippen LogP contribution in [0.25, 0.3) is 0 Å². The lowest BCUT2D eigenvalue weighted by Gasteiger charge is -2.63. The van der Waals surface area contributed by atoms with E-state index in [-0.39, 0.29) is 16.9 Å². The Morgan fingerprint density at radius 1 is 1.03 bits per heavy atom. The summed E-state index contributed by atoms with van der Waals surface area (Å²) in [5.74, 6) is 4.18. The molecule has 0 spiro atoms. The first-order chi connectivity index (χ1) is 14.2. The Hall–Kier alpha value is -1.22. The minimum atomic E-state index is 0.245. The average molecular weight is 430 g/mol. The lowest BCUT2D eigenvalue weighted by molar-refractivity contribution is -0.168. The second-order valence-electron chi connectivity index (χ2n) is 11.2. The van der Waals surface area contributed by atoms with Crippen molar-refractivity contribution >= 4 is 17.5 Å². The van der Waals surface area contributed by atoms with Crippen LogP contribution >= 0.6 is 11.6 Å². The van der Waals surface area contributed by atoms with E-state index in [2.05, 4.69) is 32.7 Å². The SMILES string of the molecule is CC1CC2N(C)C(=O)CC[C@]2(C)[C@@H]2CC[C@]3(C)C(Oc4ccc(Cl)cc4)CC[C@H]3[C@H]12. The van der Waals surface area contributed by atoms with Crippen molar-refractivity contribution in [1.29, 1.82) is 0 Å². The van der Waals surface area contributed by atoms with E-state index in [1.807, 2.05) is 24.3 Å². The van der Waals surface area contributed by atoms with Crippen molar-refractivity contribution in [3.8, 4) is 5.75 Å². The van der Waals surface area contributed by atoms with Gasteiger partial charge in [0.25, 0.3) is 0 Å². The Kier molecular flexibility index (Phi) is 4.93. The second kappa shape index (κ2) is 7.15. The van der Waals surface area contributed by atoms with E-state index < -0.39 is 0 Å². The first-order valence-corrected chi connectivity index (χ1v) is 12.3. The van der Waals surface area contributed by atoms with E-state index in [0.717, 1.165) is 54.2 Å². The Labute approximate surface area is 186 Å². The number of fused-ring (bicyclic) bond motifs is 5. The van der Waals surface area contributed by atoms with Gasteiger partial charge in [-0.05, 0) is 91.9 Å². The normalized spacial score (nSPS) is 45.5. The fraction of sp³-hybridized carbons (Fsp3) is 0.731. The van der Waals surface area contributed by atoms with Gasteiger partial charge in [0.2, 0.25) is 5.91 Å². The van der Waals surface area contributed by atoms with Gasteiger partial charge in [-0.15, -0.1) is 0 Å². The molecule has 4 heteroatoms. The number of carbonyl (C=O) groups is 1. The summed E-state index contributed by atoms with van der Waals surface area (Å²) in [5.41, 5.74) is 0.519. The third kappa shape index (κ3) is 2.94. The van der Waals surface area contributed by atoms with E-state index in [4.69, 9.17) is 16.3 Å². The number of hydrogen-bond donors (Lipinski definition) is 0. The molecular weight excluding hydrogens is 394 g/mol. The molecule has 30 heavy (non-hydrogen) atoms. The molecule has 3 unspecified atom stereocenters. The second-order valence-corrected chi connectivity index (χ2v) is 11.6. The molecule has 3 saturated carbocycles. The molecule has 1 heterocycles. The number of hydrogen-bond acceptors (Lipinski definition) is 2. The summed E-state index contributed by atoms with van der Waals surface area (Å²) >= 11 is 6.07. The van der Waals surface area contributed by atoms with Gasteiger partial charge in [0.05, 0.1) is 0 Å². The van der Waals surface area contributed by atoms with Crippen molar-refractivity contribution in [3.05, 3.63) is 29.3 Å². The maximum absolute atomic E-state index is 12.4. The molecule has 4 fully saturated rings. The summed E-state index contributed by atoms with van der Waals surface area (Å²) in [6.07, 6.45) is 8.19. The Morgan fingerprint density at radius 2 is 1.73 bits per heavy atom. The fourth-order valence-electron chi connectivity index (χ4n) is 8.29. The molecule has 4 aliphatic rings. The van der Waals surface area contributed by atoms with Crippen LogP contribution in [-0.4, -0.2) is 30.0 Å². The highest BCUT2D eigenvalue weighted by molar-refractivity contribution is 6.30. The van der Waals surface area contributed by atoms with Gasteiger partial charge in [-0.2, -0.15) is 0 Å². The number of rotatable bonds is 2. The Balaban J connectivity index is 1.41. The zero-order valence-corrected chi connectivity index (χ0v) is 19.6. The van der Waals surface area contributed by atoms with Crippen LogP contribution in [0.3, 0.4) is 0 Å². The van der Waals surface area contributed by atoms with Crippen LogP contribution in [0.1, 0.15) is 65.7 Å². The standard InChI is InChI=1S/C26H36ClNO2/c1-16-15-21-25(2,14-12-23(29)28(21)4)20-11-13-26(3)19(24(16)20)9-10-22(26)30-18-7-5-17(27)6-8-18/h5-8,16,19-22,24H,9-15H2,1-4H3/t16?,19-,20+,21?,22?,24-,25+,26-/m0/s1. The predicted molar refractivity (Wildman–Crippen MR) is 121 cm³/mol. The van der Waals surface area contributed by atoms with Crippen LogP contribution in [0.4, 0.5) is 0 Å². The van der Waals surface area contributed by atoms with Crippen LogP contribution in [-0.2, 0) is 4.79 Å². The maximum atomic E-state index is 12.4. The zero-order chi connectivity index (χ0) is 21.3. The highest BCUT2D eigenvalue weighted by atomic mass is 35.5. The third-order valence-electron chi connectivity index (χ3n) is 9.94. The molecule has 8 atom stereocenters. The largest absolute Gasteiger partial charge is 0.490 e. The van der Waals surface area contributed by atoms with Gasteiger partial charge in [0, 0.05) is 29.9 Å². The molecule has 3 aliphatic carbocycles. The van der Waals surface area contributed by atoms with Crippen molar-refractivity contribution < 1.29 is 9.53 Å². The van der Waals surface area contributed by atoms with Crippen LogP contribution in [0.2, 0.25) is 5.02 Å². The number of benzene rings is 1. The van der Waals surface area contributed by atoms with Crippen molar-refractivity contribution in [1.82, 2.24) is 4.90 Å². The number of amides is 1. The molecular formula is C26H36ClNO2. The maximum Gasteiger partial charge on any atom is 0.222 e. The van der Waals surface area contributed by atoms with Gasteiger partial charge >= 0.3 is 0 Å². The van der Waals surface area contributed by atoms with E-state index in [1.165, 1.54) is 19.3 Å². The number of carbonyl (C=O) groups excluding carboxylic acids is 1. The third-order valence-corrected chi connectivity index (χ3v) is 10.2. The molecule has 1 aromatic rings. The monoisotopic (exact) mass is 429 g/mol. The molecule has 1 aliphatic heterocycles. The lowest BCUT2D eigenvalue weighted by atomic mass is 9.45. The predicted octanol–water partition coefficient (Wildman–Crippen LogP) is 6.20. The summed E-state index contributed by atoms with van der Waals surface area (Å²) in [4.78, 5) is 14.5. The molecule has 1 amide bonds. The van der Waals surface area contributed by atoms with Gasteiger partial charge in [0.15, 0.2) is 0 Å². The highest BCUT2D eigenvalue weighted by Gasteiger charge is 2.63. The quantitative estimate of drug-likeness (QED) is 0.560. The number of likely N-dealkylation sites (tertiary alicyclic amines) is 1. The van der Waals surface area contributed by atoms with Gasteiger partial charge in [-0.1, -0.05) is 32.4 Å². The minimum Gasteiger partial charge on any atom is -0.490 e. The summed E-state index contributed by atoms with van der Waals surface area (Å²) in [7, 11) is 2.05. The van der Waals surface area contributed by atoms with Crippen molar-refractivity contribution in [2.45, 2.75) is 77.9 Å². The van der Waals surface area contributed by atoms with Crippen LogP contribution in [0, 0.1) is 34.5 Å². The summed E-state index contributed by atoms with van der Waals surface area (Å²) in [6, 6.07) is 8.28. The summed E-state index contributed by atoms with van der Waals surface area (Å²) in [5, 5.41) is 0.758. The van der Waals surface area contributed by atoms with Crippen LogP contribution < -0.4 is 4.74 Å². The molecule has 1 saturated heterocycles. The summed E-state index contributed by atoms with van der Waals surface area (Å²) < 4.78 is 6.57. The van der Waals surface area contributed by atoms with Gasteiger partial charge in [-0.25, -0.2) is 0 Å². The molecule has 0 N–H and O–H groups in total. The van der Waals surface area contributed by atoms with Crippen LogP contribution in [0.15, 0.2) is 24.3 Å². The average Bonchev–Trinajstić information content (AvgIpc) is 3.05. The topological polar surface area (TPSA) is 29.5 Å². The number of piperidine rings is 1. The van der Waals surface area contributed by atoms with Gasteiger partial charge < -0.3 is 9.64 Å². The smallest absolute Gasteiger partial charge is 0.222 e. The van der Waals surface area contributed by atoms with E-state index >= 15 is 0 Å².